The number of hydrogen-bond acceptors (Lipinski definition) is 3. The average Bonchev–Trinajstić information content (AvgIpc) is 2.31. The van der Waals surface area contributed by atoms with Crippen molar-refractivity contribution in [1.82, 2.24) is 5.32 Å². The molecule has 0 radical (unpaired) electrons. The second-order valence-corrected chi connectivity index (χ2v) is 6.41. The molecule has 1 aliphatic carbocycles. The lowest BCUT2D eigenvalue weighted by Gasteiger charge is -2.45. The maximum absolute atomic E-state index is 9.07. The van der Waals surface area contributed by atoms with Crippen molar-refractivity contribution in [3.8, 4) is 0 Å². The summed E-state index contributed by atoms with van der Waals surface area (Å²) >= 11 is 0. The van der Waals surface area contributed by atoms with E-state index in [4.69, 9.17) is 10.8 Å². The van der Waals surface area contributed by atoms with Gasteiger partial charge in [-0.15, -0.1) is 0 Å². The van der Waals surface area contributed by atoms with Gasteiger partial charge in [-0.05, 0) is 43.9 Å². The summed E-state index contributed by atoms with van der Waals surface area (Å²) < 4.78 is 0. The summed E-state index contributed by atoms with van der Waals surface area (Å²) in [5.74, 6) is 0. The molecule has 0 spiro atoms. The van der Waals surface area contributed by atoms with Gasteiger partial charge < -0.3 is 16.2 Å². The van der Waals surface area contributed by atoms with Crippen LogP contribution in [-0.4, -0.2) is 29.8 Å². The molecule has 1 rings (SSSR count). The lowest BCUT2D eigenvalue weighted by atomic mass is 9.69. The lowest BCUT2D eigenvalue weighted by Crippen LogP contribution is -2.57. The fourth-order valence-electron chi connectivity index (χ4n) is 2.78. The molecule has 0 heterocycles. The highest BCUT2D eigenvalue weighted by Gasteiger charge is 2.38. The standard InChI is InChI=1S/C14H30N2O/c1-4-12(5-10-17)16-14(11-15)8-6-13(2,3)7-9-14/h12,16-17H,4-11,15H2,1-3H3. The van der Waals surface area contributed by atoms with E-state index in [9.17, 15) is 0 Å². The monoisotopic (exact) mass is 242 g/mol. The van der Waals surface area contributed by atoms with Gasteiger partial charge in [0, 0.05) is 24.7 Å². The Morgan fingerprint density at radius 2 is 1.82 bits per heavy atom. The van der Waals surface area contributed by atoms with E-state index in [1.54, 1.807) is 0 Å². The van der Waals surface area contributed by atoms with Gasteiger partial charge in [-0.25, -0.2) is 0 Å². The number of nitrogens with two attached hydrogens (primary N) is 1. The number of nitrogens with one attached hydrogen (secondary N) is 1. The Bertz CT molecular complexity index is 218. The van der Waals surface area contributed by atoms with Crippen LogP contribution in [0.1, 0.15) is 59.3 Å². The normalized spacial score (nSPS) is 24.5. The van der Waals surface area contributed by atoms with Crippen LogP contribution in [0.5, 0.6) is 0 Å². The highest BCUT2D eigenvalue weighted by atomic mass is 16.3. The second-order valence-electron chi connectivity index (χ2n) is 6.41. The highest BCUT2D eigenvalue weighted by molar-refractivity contribution is 4.97. The summed E-state index contributed by atoms with van der Waals surface area (Å²) in [6, 6.07) is 0.407. The van der Waals surface area contributed by atoms with Crippen LogP contribution in [0.25, 0.3) is 0 Å². The molecule has 17 heavy (non-hydrogen) atoms. The Kier molecular flexibility index (Phi) is 5.42. The Balaban J connectivity index is 2.57. The molecule has 1 fully saturated rings. The molecule has 1 atom stereocenters. The first-order valence-electron chi connectivity index (χ1n) is 7.05. The molecule has 0 aromatic heterocycles. The van der Waals surface area contributed by atoms with E-state index >= 15 is 0 Å². The van der Waals surface area contributed by atoms with Gasteiger partial charge in [-0.3, -0.25) is 0 Å². The van der Waals surface area contributed by atoms with Crippen LogP contribution in [0.4, 0.5) is 0 Å². The third-order valence-corrected chi connectivity index (χ3v) is 4.43. The maximum Gasteiger partial charge on any atom is 0.0445 e. The van der Waals surface area contributed by atoms with Crippen LogP contribution in [0.2, 0.25) is 0 Å². The van der Waals surface area contributed by atoms with Crippen molar-refractivity contribution in [3.63, 3.8) is 0 Å². The number of aliphatic hydroxyl groups is 1. The van der Waals surface area contributed by atoms with Gasteiger partial charge >= 0.3 is 0 Å². The molecule has 4 N–H and O–H groups in total. The fourth-order valence-corrected chi connectivity index (χ4v) is 2.78. The van der Waals surface area contributed by atoms with Gasteiger partial charge in [0.1, 0.15) is 0 Å². The molecule has 1 saturated carbocycles. The van der Waals surface area contributed by atoms with E-state index in [1.807, 2.05) is 0 Å². The first kappa shape index (κ1) is 14.9. The maximum atomic E-state index is 9.07. The van der Waals surface area contributed by atoms with Gasteiger partial charge in [-0.2, -0.15) is 0 Å². The minimum Gasteiger partial charge on any atom is -0.396 e. The minimum atomic E-state index is 0.116. The Morgan fingerprint density at radius 3 is 2.24 bits per heavy atom. The van der Waals surface area contributed by atoms with Crippen LogP contribution in [0, 0.1) is 5.41 Å². The van der Waals surface area contributed by atoms with Crippen molar-refractivity contribution >= 4 is 0 Å². The molecule has 102 valence electrons. The third-order valence-electron chi connectivity index (χ3n) is 4.43. The second kappa shape index (κ2) is 6.17. The zero-order chi connectivity index (χ0) is 12.9. The number of rotatable bonds is 6. The molecule has 0 aliphatic heterocycles. The zero-order valence-electron chi connectivity index (χ0n) is 11.8. The SMILES string of the molecule is CCC(CCO)NC1(CN)CCC(C)(C)CC1. The van der Waals surface area contributed by atoms with Crippen molar-refractivity contribution in [2.45, 2.75) is 70.9 Å². The summed E-state index contributed by atoms with van der Waals surface area (Å²) in [7, 11) is 0. The van der Waals surface area contributed by atoms with E-state index in [0.717, 1.165) is 12.8 Å². The van der Waals surface area contributed by atoms with Crippen LogP contribution >= 0.6 is 0 Å². The van der Waals surface area contributed by atoms with Crippen LogP contribution in [0.3, 0.4) is 0 Å². The largest absolute Gasteiger partial charge is 0.396 e. The molecule has 3 heteroatoms. The summed E-state index contributed by atoms with van der Waals surface area (Å²) in [6.07, 6.45) is 6.71. The summed E-state index contributed by atoms with van der Waals surface area (Å²) in [4.78, 5) is 0. The number of hydrogen-bond donors (Lipinski definition) is 3. The molecule has 3 nitrogen and oxygen atoms in total. The van der Waals surface area contributed by atoms with Crippen molar-refractivity contribution in [2.24, 2.45) is 11.1 Å². The lowest BCUT2D eigenvalue weighted by molar-refractivity contribution is 0.121. The summed E-state index contributed by atoms with van der Waals surface area (Å²) in [5.41, 5.74) is 6.59. The van der Waals surface area contributed by atoms with E-state index in [2.05, 4.69) is 26.1 Å². The predicted molar refractivity (Wildman–Crippen MR) is 73.0 cm³/mol. The van der Waals surface area contributed by atoms with Gasteiger partial charge in [0.2, 0.25) is 0 Å². The third kappa shape index (κ3) is 4.23. The Labute approximate surface area is 106 Å². The van der Waals surface area contributed by atoms with Crippen LogP contribution < -0.4 is 11.1 Å². The zero-order valence-corrected chi connectivity index (χ0v) is 11.8. The smallest absolute Gasteiger partial charge is 0.0445 e. The Morgan fingerprint density at radius 1 is 1.24 bits per heavy atom. The molecular weight excluding hydrogens is 212 g/mol. The first-order chi connectivity index (χ1) is 7.97. The molecule has 1 aliphatic rings. The first-order valence-corrected chi connectivity index (χ1v) is 7.05. The van der Waals surface area contributed by atoms with E-state index in [-0.39, 0.29) is 12.1 Å². The minimum absolute atomic E-state index is 0.116. The van der Waals surface area contributed by atoms with Crippen molar-refractivity contribution in [3.05, 3.63) is 0 Å². The summed E-state index contributed by atoms with van der Waals surface area (Å²) in [5, 5.41) is 12.8. The van der Waals surface area contributed by atoms with Crippen molar-refractivity contribution in [2.75, 3.05) is 13.2 Å². The molecular formula is C14H30N2O. The molecule has 0 amide bonds. The van der Waals surface area contributed by atoms with Gasteiger partial charge in [0.25, 0.3) is 0 Å². The van der Waals surface area contributed by atoms with E-state index < -0.39 is 0 Å². The van der Waals surface area contributed by atoms with Crippen LogP contribution in [0.15, 0.2) is 0 Å². The molecule has 0 aromatic carbocycles. The molecule has 1 unspecified atom stereocenters. The Hall–Kier alpha value is -0.120. The fraction of sp³-hybridized carbons (Fsp3) is 1.00. The molecule has 0 bridgehead atoms. The van der Waals surface area contributed by atoms with E-state index in [0.29, 0.717) is 18.0 Å². The topological polar surface area (TPSA) is 58.3 Å². The van der Waals surface area contributed by atoms with Crippen molar-refractivity contribution in [1.29, 1.82) is 0 Å². The van der Waals surface area contributed by atoms with Gasteiger partial charge in [-0.1, -0.05) is 20.8 Å². The van der Waals surface area contributed by atoms with Gasteiger partial charge in [0.15, 0.2) is 0 Å². The molecule has 0 saturated heterocycles. The van der Waals surface area contributed by atoms with E-state index in [1.165, 1.54) is 25.7 Å². The predicted octanol–water partition coefficient (Wildman–Crippen LogP) is 2.03. The van der Waals surface area contributed by atoms with Crippen molar-refractivity contribution < 1.29 is 5.11 Å². The van der Waals surface area contributed by atoms with Gasteiger partial charge in [0.05, 0.1) is 0 Å². The average molecular weight is 242 g/mol. The summed E-state index contributed by atoms with van der Waals surface area (Å²) in [6.45, 7) is 7.84. The van der Waals surface area contributed by atoms with Crippen LogP contribution in [-0.2, 0) is 0 Å². The number of aliphatic hydroxyl groups excluding tert-OH is 1. The quantitative estimate of drug-likeness (QED) is 0.668. The molecule has 0 aromatic rings. The highest BCUT2D eigenvalue weighted by Crippen LogP contribution is 2.40.